The Balaban J connectivity index is 2.12. The van der Waals surface area contributed by atoms with Crippen LogP contribution in [0.4, 0.5) is 5.69 Å². The van der Waals surface area contributed by atoms with Gasteiger partial charge in [-0.15, -0.1) is 0 Å². The predicted octanol–water partition coefficient (Wildman–Crippen LogP) is 2.56. The van der Waals surface area contributed by atoms with Gasteiger partial charge >= 0.3 is 11.9 Å². The predicted molar refractivity (Wildman–Crippen MR) is 97.0 cm³/mol. The summed E-state index contributed by atoms with van der Waals surface area (Å²) < 4.78 is 11.9. The molecule has 0 aliphatic heterocycles. The van der Waals surface area contributed by atoms with Crippen molar-refractivity contribution in [2.45, 2.75) is 19.9 Å². The molecule has 0 saturated carbocycles. The van der Waals surface area contributed by atoms with Crippen molar-refractivity contribution in [2.75, 3.05) is 19.5 Å². The lowest BCUT2D eigenvalue weighted by Crippen LogP contribution is -2.16. The van der Waals surface area contributed by atoms with E-state index in [-0.39, 0.29) is 23.5 Å². The molecule has 0 bridgehead atoms. The van der Waals surface area contributed by atoms with Crippen LogP contribution in [0.25, 0.3) is 0 Å². The highest BCUT2D eigenvalue weighted by atomic mass is 79.9. The van der Waals surface area contributed by atoms with Crippen molar-refractivity contribution in [3.8, 4) is 0 Å². The van der Waals surface area contributed by atoms with Crippen LogP contribution in [0.5, 0.6) is 0 Å². The van der Waals surface area contributed by atoms with Crippen molar-refractivity contribution in [2.24, 2.45) is 0 Å². The van der Waals surface area contributed by atoms with E-state index in [1.165, 1.54) is 32.4 Å². The van der Waals surface area contributed by atoms with Crippen molar-refractivity contribution >= 4 is 39.5 Å². The highest BCUT2D eigenvalue weighted by Crippen LogP contribution is 2.18. The highest BCUT2D eigenvalue weighted by molar-refractivity contribution is 9.10. The normalized spacial score (nSPS) is 10.3. The lowest BCUT2D eigenvalue weighted by Gasteiger charge is -2.09. The lowest BCUT2D eigenvalue weighted by molar-refractivity contribution is -0.116. The van der Waals surface area contributed by atoms with Crippen molar-refractivity contribution in [3.05, 3.63) is 45.7 Å². The number of amides is 1. The number of anilines is 1. The molecule has 2 aromatic rings. The van der Waals surface area contributed by atoms with Gasteiger partial charge in [0.2, 0.25) is 5.91 Å². The third-order valence-corrected chi connectivity index (χ3v) is 4.29. The molecule has 1 aromatic carbocycles. The fourth-order valence-corrected chi connectivity index (χ4v) is 2.53. The maximum Gasteiger partial charge on any atom is 0.337 e. The van der Waals surface area contributed by atoms with Gasteiger partial charge in [-0.2, -0.15) is 5.10 Å². The van der Waals surface area contributed by atoms with E-state index in [0.29, 0.717) is 12.2 Å². The van der Waals surface area contributed by atoms with Gasteiger partial charge in [-0.3, -0.25) is 9.48 Å². The number of benzene rings is 1. The lowest BCUT2D eigenvalue weighted by atomic mass is 10.1. The second kappa shape index (κ2) is 8.61. The number of halogens is 1. The first kappa shape index (κ1) is 19.6. The monoisotopic (exact) mass is 423 g/mol. The molecule has 0 aliphatic carbocycles. The van der Waals surface area contributed by atoms with Gasteiger partial charge in [-0.1, -0.05) is 0 Å². The van der Waals surface area contributed by atoms with E-state index in [2.05, 4.69) is 35.8 Å². The molecule has 0 radical (unpaired) electrons. The number of hydrogen-bond acceptors (Lipinski definition) is 6. The van der Waals surface area contributed by atoms with Crippen molar-refractivity contribution < 1.29 is 23.9 Å². The Labute approximate surface area is 158 Å². The summed E-state index contributed by atoms with van der Waals surface area (Å²) in [5.41, 5.74) is 1.41. The summed E-state index contributed by atoms with van der Waals surface area (Å²) in [4.78, 5) is 35.7. The van der Waals surface area contributed by atoms with Gasteiger partial charge in [0.15, 0.2) is 0 Å². The number of nitrogens with zero attached hydrogens (tertiary/aromatic N) is 2. The summed E-state index contributed by atoms with van der Waals surface area (Å²) in [6.07, 6.45) is 1.96. The van der Waals surface area contributed by atoms with Gasteiger partial charge in [0.25, 0.3) is 0 Å². The van der Waals surface area contributed by atoms with E-state index in [9.17, 15) is 14.4 Å². The minimum atomic E-state index is -0.622. The zero-order valence-electron chi connectivity index (χ0n) is 14.5. The standard InChI is InChI=1S/C17H18BrN3O5/c1-10-14(18)9-21(20-10)5-4-15(22)19-13-7-11(16(23)25-2)6-12(8-13)17(24)26-3/h6-9H,4-5H2,1-3H3,(H,19,22). The Hall–Kier alpha value is -2.68. The molecule has 1 aromatic heterocycles. The van der Waals surface area contributed by atoms with E-state index in [0.717, 1.165) is 10.2 Å². The van der Waals surface area contributed by atoms with Crippen LogP contribution >= 0.6 is 15.9 Å². The number of rotatable bonds is 6. The SMILES string of the molecule is COC(=O)c1cc(NC(=O)CCn2cc(Br)c(C)n2)cc(C(=O)OC)c1. The number of carbonyl (C=O) groups is 3. The zero-order valence-corrected chi connectivity index (χ0v) is 16.1. The third-order valence-electron chi connectivity index (χ3n) is 3.51. The van der Waals surface area contributed by atoms with Crippen molar-refractivity contribution in [1.29, 1.82) is 0 Å². The molecule has 0 fully saturated rings. The molecule has 8 nitrogen and oxygen atoms in total. The van der Waals surface area contributed by atoms with Crippen molar-refractivity contribution in [1.82, 2.24) is 9.78 Å². The zero-order chi connectivity index (χ0) is 19.3. The molecular formula is C17H18BrN3O5. The summed E-state index contributed by atoms with van der Waals surface area (Å²) in [7, 11) is 2.46. The Bertz CT molecular complexity index is 793. The molecule has 1 N–H and O–H groups in total. The Kier molecular flexibility index (Phi) is 6.51. The number of aryl methyl sites for hydroxylation is 2. The smallest absolute Gasteiger partial charge is 0.337 e. The highest BCUT2D eigenvalue weighted by Gasteiger charge is 2.15. The van der Waals surface area contributed by atoms with E-state index in [1.807, 2.05) is 6.92 Å². The maximum atomic E-state index is 12.2. The second-order valence-electron chi connectivity index (χ2n) is 5.41. The number of ether oxygens (including phenoxy) is 2. The van der Waals surface area contributed by atoms with E-state index < -0.39 is 11.9 Å². The molecule has 138 valence electrons. The van der Waals surface area contributed by atoms with Crippen molar-refractivity contribution in [3.63, 3.8) is 0 Å². The van der Waals surface area contributed by atoms with Crippen LogP contribution in [0, 0.1) is 6.92 Å². The van der Waals surface area contributed by atoms with Gasteiger partial charge in [0, 0.05) is 24.8 Å². The van der Waals surface area contributed by atoms with Crippen LogP contribution in [0.1, 0.15) is 32.8 Å². The fourth-order valence-electron chi connectivity index (χ4n) is 2.22. The average Bonchev–Trinajstić information content (AvgIpc) is 2.96. The molecule has 0 unspecified atom stereocenters. The summed E-state index contributed by atoms with van der Waals surface area (Å²) in [5.74, 6) is -1.53. The van der Waals surface area contributed by atoms with Crippen LogP contribution in [0.15, 0.2) is 28.9 Å². The molecule has 0 atom stereocenters. The summed E-state index contributed by atoms with van der Waals surface area (Å²) in [6.45, 7) is 2.24. The summed E-state index contributed by atoms with van der Waals surface area (Å²) >= 11 is 3.36. The molecule has 26 heavy (non-hydrogen) atoms. The van der Waals surface area contributed by atoms with Gasteiger partial charge in [0.1, 0.15) is 0 Å². The second-order valence-corrected chi connectivity index (χ2v) is 6.26. The summed E-state index contributed by atoms with van der Waals surface area (Å²) in [6, 6.07) is 4.22. The molecule has 1 heterocycles. The summed E-state index contributed by atoms with van der Waals surface area (Å²) in [5, 5.41) is 6.92. The number of aromatic nitrogens is 2. The first-order chi connectivity index (χ1) is 12.3. The Morgan fingerprint density at radius 3 is 2.15 bits per heavy atom. The topological polar surface area (TPSA) is 99.5 Å². The first-order valence-corrected chi connectivity index (χ1v) is 8.44. The molecule has 2 rings (SSSR count). The average molecular weight is 424 g/mol. The maximum absolute atomic E-state index is 12.2. The van der Waals surface area contributed by atoms with Gasteiger partial charge in [0.05, 0.1) is 35.5 Å². The van der Waals surface area contributed by atoms with E-state index in [1.54, 1.807) is 10.9 Å². The minimum Gasteiger partial charge on any atom is -0.465 e. The molecule has 0 aliphatic rings. The van der Waals surface area contributed by atoms with Gasteiger partial charge in [-0.25, -0.2) is 9.59 Å². The molecule has 0 saturated heterocycles. The molecular weight excluding hydrogens is 406 g/mol. The van der Waals surface area contributed by atoms with E-state index in [4.69, 9.17) is 0 Å². The molecule has 9 heteroatoms. The number of hydrogen-bond donors (Lipinski definition) is 1. The number of nitrogens with one attached hydrogen (secondary N) is 1. The minimum absolute atomic E-state index is 0.136. The van der Waals surface area contributed by atoms with Crippen LogP contribution in [-0.2, 0) is 20.8 Å². The molecule has 1 amide bonds. The Morgan fingerprint density at radius 2 is 1.69 bits per heavy atom. The quantitative estimate of drug-likeness (QED) is 0.716. The number of methoxy groups -OCH3 is 2. The third kappa shape index (κ3) is 4.92. The van der Waals surface area contributed by atoms with E-state index >= 15 is 0 Å². The fraction of sp³-hybridized carbons (Fsp3) is 0.294. The van der Waals surface area contributed by atoms with Crippen LogP contribution < -0.4 is 5.32 Å². The van der Waals surface area contributed by atoms with Crippen LogP contribution in [0.3, 0.4) is 0 Å². The number of carbonyl (C=O) groups excluding carboxylic acids is 3. The van der Waals surface area contributed by atoms with Gasteiger partial charge in [-0.05, 0) is 41.1 Å². The Morgan fingerprint density at radius 1 is 1.12 bits per heavy atom. The first-order valence-electron chi connectivity index (χ1n) is 7.65. The van der Waals surface area contributed by atoms with Crippen LogP contribution in [-0.4, -0.2) is 41.8 Å². The molecule has 0 spiro atoms. The number of esters is 2. The largest absolute Gasteiger partial charge is 0.465 e. The van der Waals surface area contributed by atoms with Gasteiger partial charge < -0.3 is 14.8 Å². The van der Waals surface area contributed by atoms with Crippen LogP contribution in [0.2, 0.25) is 0 Å².